The molecule has 0 aliphatic heterocycles. The van der Waals surface area contributed by atoms with Gasteiger partial charge in [0.15, 0.2) is 0 Å². The molecule has 1 unspecified atom stereocenters. The number of halogens is 5. The van der Waals surface area contributed by atoms with Crippen molar-refractivity contribution < 1.29 is 18.3 Å². The van der Waals surface area contributed by atoms with Crippen LogP contribution in [0.2, 0.25) is 0 Å². The second-order valence-electron chi connectivity index (χ2n) is 4.20. The average Bonchev–Trinajstić information content (AvgIpc) is 2.66. The standard InChI is InChI=1S/C13H9Br2F3OS/c1-6-8(5-11(15)20-6)12(19)7-2-3-10(14)9(4-7)13(16,17)18/h2-5,12,19H,1H3. The molecule has 2 aromatic rings. The largest absolute Gasteiger partial charge is 0.417 e. The first-order chi connectivity index (χ1) is 9.20. The van der Waals surface area contributed by atoms with Gasteiger partial charge in [-0.3, -0.25) is 0 Å². The van der Waals surface area contributed by atoms with E-state index < -0.39 is 17.8 Å². The molecular weight excluding hydrogens is 421 g/mol. The highest BCUT2D eigenvalue weighted by Crippen LogP contribution is 2.39. The summed E-state index contributed by atoms with van der Waals surface area (Å²) < 4.78 is 39.4. The number of hydrogen-bond acceptors (Lipinski definition) is 2. The Morgan fingerprint density at radius 1 is 1.20 bits per heavy atom. The van der Waals surface area contributed by atoms with E-state index in [0.29, 0.717) is 5.56 Å². The lowest BCUT2D eigenvalue weighted by atomic mass is 10.0. The number of hydrogen-bond donors (Lipinski definition) is 1. The number of aryl methyl sites for hydroxylation is 1. The number of alkyl halides is 3. The van der Waals surface area contributed by atoms with E-state index in [1.54, 1.807) is 6.07 Å². The topological polar surface area (TPSA) is 20.2 Å². The fraction of sp³-hybridized carbons (Fsp3) is 0.231. The third kappa shape index (κ3) is 3.27. The summed E-state index contributed by atoms with van der Waals surface area (Å²) in [6.07, 6.45) is -5.54. The first-order valence-corrected chi connectivity index (χ1v) is 7.91. The lowest BCUT2D eigenvalue weighted by Crippen LogP contribution is -2.08. The van der Waals surface area contributed by atoms with E-state index in [-0.39, 0.29) is 10.0 Å². The van der Waals surface area contributed by atoms with Crippen LogP contribution in [0.5, 0.6) is 0 Å². The van der Waals surface area contributed by atoms with E-state index in [0.717, 1.165) is 14.7 Å². The monoisotopic (exact) mass is 428 g/mol. The Morgan fingerprint density at radius 3 is 2.35 bits per heavy atom. The molecule has 108 valence electrons. The molecule has 0 amide bonds. The molecule has 1 N–H and O–H groups in total. The van der Waals surface area contributed by atoms with Crippen molar-refractivity contribution in [3.63, 3.8) is 0 Å². The third-order valence-electron chi connectivity index (χ3n) is 2.83. The Hall–Kier alpha value is -0.370. The zero-order valence-corrected chi connectivity index (χ0v) is 14.1. The van der Waals surface area contributed by atoms with Gasteiger partial charge in [0.1, 0.15) is 6.10 Å². The van der Waals surface area contributed by atoms with E-state index in [1.165, 1.54) is 23.5 Å². The van der Waals surface area contributed by atoms with Crippen molar-refractivity contribution in [2.45, 2.75) is 19.2 Å². The van der Waals surface area contributed by atoms with Crippen LogP contribution in [0, 0.1) is 6.92 Å². The molecule has 7 heteroatoms. The second-order valence-corrected chi connectivity index (χ2v) is 7.69. The molecule has 0 saturated heterocycles. The van der Waals surface area contributed by atoms with Crippen LogP contribution in [0.1, 0.15) is 27.7 Å². The van der Waals surface area contributed by atoms with Gasteiger partial charge in [-0.1, -0.05) is 22.0 Å². The van der Waals surface area contributed by atoms with Crippen molar-refractivity contribution in [2.24, 2.45) is 0 Å². The molecule has 0 fully saturated rings. The summed E-state index contributed by atoms with van der Waals surface area (Å²) in [4.78, 5) is 0.862. The van der Waals surface area contributed by atoms with Crippen molar-refractivity contribution in [1.29, 1.82) is 0 Å². The quantitative estimate of drug-likeness (QED) is 0.650. The van der Waals surface area contributed by atoms with Gasteiger partial charge >= 0.3 is 6.18 Å². The van der Waals surface area contributed by atoms with Crippen molar-refractivity contribution >= 4 is 43.2 Å². The van der Waals surface area contributed by atoms with Crippen LogP contribution < -0.4 is 0 Å². The van der Waals surface area contributed by atoms with E-state index in [1.807, 2.05) is 6.92 Å². The number of aliphatic hydroxyl groups is 1. The van der Waals surface area contributed by atoms with Crippen LogP contribution in [0.15, 0.2) is 32.5 Å². The van der Waals surface area contributed by atoms with Gasteiger partial charge in [0.05, 0.1) is 9.35 Å². The van der Waals surface area contributed by atoms with E-state index in [4.69, 9.17) is 0 Å². The van der Waals surface area contributed by atoms with Gasteiger partial charge in [-0.15, -0.1) is 11.3 Å². The average molecular weight is 430 g/mol. The number of aliphatic hydroxyl groups excluding tert-OH is 1. The molecule has 1 nitrogen and oxygen atoms in total. The molecule has 0 aliphatic carbocycles. The van der Waals surface area contributed by atoms with E-state index >= 15 is 0 Å². The Morgan fingerprint density at radius 2 is 1.85 bits per heavy atom. The van der Waals surface area contributed by atoms with Crippen LogP contribution >= 0.6 is 43.2 Å². The fourth-order valence-electron chi connectivity index (χ4n) is 1.84. The lowest BCUT2D eigenvalue weighted by molar-refractivity contribution is -0.138. The van der Waals surface area contributed by atoms with E-state index in [9.17, 15) is 18.3 Å². The molecular formula is C13H9Br2F3OS. The molecule has 0 spiro atoms. The number of rotatable bonds is 2. The predicted octanol–water partition coefficient (Wildman–Crippen LogP) is 5.68. The maximum absolute atomic E-state index is 12.9. The maximum Gasteiger partial charge on any atom is 0.417 e. The Labute approximate surface area is 134 Å². The van der Waals surface area contributed by atoms with Gasteiger partial charge < -0.3 is 5.11 Å². The second kappa shape index (κ2) is 5.79. The highest BCUT2D eigenvalue weighted by Gasteiger charge is 2.33. The molecule has 0 radical (unpaired) electrons. The molecule has 20 heavy (non-hydrogen) atoms. The summed E-state index contributed by atoms with van der Waals surface area (Å²) in [5, 5.41) is 10.3. The highest BCUT2D eigenvalue weighted by atomic mass is 79.9. The molecule has 0 bridgehead atoms. The number of benzene rings is 1. The molecule has 0 saturated carbocycles. The van der Waals surface area contributed by atoms with E-state index in [2.05, 4.69) is 31.9 Å². The SMILES string of the molecule is Cc1sc(Br)cc1C(O)c1ccc(Br)c(C(F)(F)F)c1. The summed E-state index contributed by atoms with van der Waals surface area (Å²) in [6.45, 7) is 1.82. The molecule has 1 aromatic heterocycles. The van der Waals surface area contributed by atoms with Gasteiger partial charge in [0.2, 0.25) is 0 Å². The summed E-state index contributed by atoms with van der Waals surface area (Å²) in [5.41, 5.74) is 0.0345. The Bertz CT molecular complexity index is 637. The predicted molar refractivity (Wildman–Crippen MR) is 80.0 cm³/mol. The fourth-order valence-corrected chi connectivity index (χ4v) is 4.05. The minimum absolute atomic E-state index is 0.0378. The van der Waals surface area contributed by atoms with Crippen molar-refractivity contribution in [1.82, 2.24) is 0 Å². The smallest absolute Gasteiger partial charge is 0.384 e. The first kappa shape index (κ1) is 16.0. The molecule has 2 rings (SSSR count). The molecule has 1 atom stereocenters. The zero-order valence-electron chi connectivity index (χ0n) is 10.1. The zero-order chi connectivity index (χ0) is 15.1. The van der Waals surface area contributed by atoms with Crippen LogP contribution in [-0.4, -0.2) is 5.11 Å². The van der Waals surface area contributed by atoms with Crippen LogP contribution in [0.4, 0.5) is 13.2 Å². The summed E-state index contributed by atoms with van der Waals surface area (Å²) in [6, 6.07) is 5.48. The van der Waals surface area contributed by atoms with Gasteiger partial charge in [-0.05, 0) is 52.2 Å². The lowest BCUT2D eigenvalue weighted by Gasteiger charge is -2.15. The van der Waals surface area contributed by atoms with Crippen molar-refractivity contribution in [2.75, 3.05) is 0 Å². The highest BCUT2D eigenvalue weighted by molar-refractivity contribution is 9.11. The maximum atomic E-state index is 12.9. The third-order valence-corrected chi connectivity index (χ3v) is 5.09. The molecule has 1 aromatic carbocycles. The molecule has 1 heterocycles. The minimum Gasteiger partial charge on any atom is -0.384 e. The number of thiophene rings is 1. The van der Waals surface area contributed by atoms with Crippen LogP contribution in [0.25, 0.3) is 0 Å². The normalized spacial score (nSPS) is 13.6. The minimum atomic E-state index is -4.46. The molecule has 0 aliphatic rings. The van der Waals surface area contributed by atoms with Crippen molar-refractivity contribution in [3.05, 3.63) is 54.1 Å². The van der Waals surface area contributed by atoms with Gasteiger partial charge in [-0.2, -0.15) is 13.2 Å². The van der Waals surface area contributed by atoms with Crippen molar-refractivity contribution in [3.8, 4) is 0 Å². The van der Waals surface area contributed by atoms with Gasteiger partial charge in [0.25, 0.3) is 0 Å². The van der Waals surface area contributed by atoms with Crippen LogP contribution in [0.3, 0.4) is 0 Å². The van der Waals surface area contributed by atoms with Gasteiger partial charge in [-0.25, -0.2) is 0 Å². The van der Waals surface area contributed by atoms with Gasteiger partial charge in [0, 0.05) is 9.35 Å². The Kier molecular flexibility index (Phi) is 4.63. The summed E-state index contributed by atoms with van der Waals surface area (Å²) in [5.74, 6) is 0. The van der Waals surface area contributed by atoms with Crippen LogP contribution in [-0.2, 0) is 6.18 Å². The summed E-state index contributed by atoms with van der Waals surface area (Å²) in [7, 11) is 0. The Balaban J connectivity index is 2.46. The summed E-state index contributed by atoms with van der Waals surface area (Å²) >= 11 is 7.61. The first-order valence-electron chi connectivity index (χ1n) is 5.50.